The van der Waals surface area contributed by atoms with Crippen LogP contribution in [-0.4, -0.2) is 29.6 Å². The summed E-state index contributed by atoms with van der Waals surface area (Å²) in [5.74, 6) is 1.42. The van der Waals surface area contributed by atoms with E-state index >= 15 is 0 Å². The molecule has 0 bridgehead atoms. The highest BCUT2D eigenvalue weighted by Gasteiger charge is 1.98. The van der Waals surface area contributed by atoms with E-state index in [-0.39, 0.29) is 0 Å². The van der Waals surface area contributed by atoms with Crippen LogP contribution in [-0.2, 0) is 6.54 Å². The molecule has 0 fully saturated rings. The number of aliphatic imine (C=N–C) groups is 1. The number of nitrogens with zero attached hydrogens (tertiary/aromatic N) is 3. The first-order valence-electron chi connectivity index (χ1n) is 5.16. The molecule has 17 heavy (non-hydrogen) atoms. The van der Waals surface area contributed by atoms with Crippen LogP contribution in [0.2, 0.25) is 0 Å². The zero-order valence-electron chi connectivity index (χ0n) is 10.1. The summed E-state index contributed by atoms with van der Waals surface area (Å²) in [6.45, 7) is 6.58. The molecule has 0 saturated carbocycles. The van der Waals surface area contributed by atoms with E-state index < -0.39 is 0 Å². The zero-order chi connectivity index (χ0) is 12.7. The number of hydrogen-bond donors (Lipinski definition) is 2. The first kappa shape index (κ1) is 13.0. The lowest BCUT2D eigenvalue weighted by molar-refractivity contribution is 0.394. The Kier molecular flexibility index (Phi) is 4.93. The van der Waals surface area contributed by atoms with Gasteiger partial charge < -0.3 is 15.8 Å². The molecule has 0 aromatic carbocycles. The number of hydrogen-bond acceptors (Lipinski definition) is 4. The minimum absolute atomic E-state index is 0.312. The average Bonchev–Trinajstić information content (AvgIpc) is 2.34. The third-order valence-corrected chi connectivity index (χ3v) is 1.85. The number of methoxy groups -OCH3 is 1. The Hall–Kier alpha value is -2.11. The Morgan fingerprint density at radius 3 is 3.06 bits per heavy atom. The number of rotatable bonds is 5. The van der Waals surface area contributed by atoms with Gasteiger partial charge >= 0.3 is 0 Å². The predicted molar refractivity (Wildman–Crippen MR) is 66.7 cm³/mol. The van der Waals surface area contributed by atoms with Crippen molar-refractivity contribution in [2.45, 2.75) is 13.5 Å². The Bertz CT molecular complexity index is 416. The molecule has 0 unspecified atom stereocenters. The van der Waals surface area contributed by atoms with Crippen molar-refractivity contribution < 1.29 is 4.74 Å². The molecular weight excluding hydrogens is 218 g/mol. The van der Waals surface area contributed by atoms with Crippen LogP contribution in [0, 0.1) is 0 Å². The van der Waals surface area contributed by atoms with E-state index in [9.17, 15) is 0 Å². The summed E-state index contributed by atoms with van der Waals surface area (Å²) < 4.78 is 4.98. The summed E-state index contributed by atoms with van der Waals surface area (Å²) in [4.78, 5) is 12.3. The van der Waals surface area contributed by atoms with Crippen LogP contribution in [0.3, 0.4) is 0 Å². The molecular formula is C11H17N5O. The molecule has 0 aliphatic heterocycles. The molecule has 1 aromatic heterocycles. The van der Waals surface area contributed by atoms with E-state index in [2.05, 4.69) is 26.9 Å². The molecule has 1 aromatic rings. The minimum atomic E-state index is 0.312. The lowest BCUT2D eigenvalue weighted by Gasteiger charge is -2.04. The first-order valence-corrected chi connectivity index (χ1v) is 5.16. The number of ether oxygens (including phenoxy) is 1. The molecule has 1 heterocycles. The van der Waals surface area contributed by atoms with Crippen molar-refractivity contribution in [3.05, 3.63) is 30.2 Å². The van der Waals surface area contributed by atoms with Crippen LogP contribution in [0.15, 0.2) is 29.4 Å². The van der Waals surface area contributed by atoms with Gasteiger partial charge in [-0.15, -0.1) is 0 Å². The number of guanidine groups is 1. The Balaban J connectivity index is 2.53. The summed E-state index contributed by atoms with van der Waals surface area (Å²) in [6.07, 6.45) is 1.62. The van der Waals surface area contributed by atoms with Gasteiger partial charge in [0.25, 0.3) is 0 Å². The van der Waals surface area contributed by atoms with Crippen LogP contribution in [0.25, 0.3) is 0 Å². The molecule has 0 aliphatic carbocycles. The zero-order valence-corrected chi connectivity index (χ0v) is 10.1. The van der Waals surface area contributed by atoms with E-state index in [0.29, 0.717) is 30.8 Å². The quantitative estimate of drug-likeness (QED) is 0.440. The van der Waals surface area contributed by atoms with Crippen molar-refractivity contribution in [1.82, 2.24) is 15.3 Å². The molecule has 0 aliphatic rings. The van der Waals surface area contributed by atoms with E-state index in [1.54, 1.807) is 19.4 Å². The largest absolute Gasteiger partial charge is 0.481 e. The normalized spacial score (nSPS) is 11.1. The molecule has 0 spiro atoms. The van der Waals surface area contributed by atoms with Gasteiger partial charge in [0.05, 0.1) is 7.11 Å². The Morgan fingerprint density at radius 2 is 2.41 bits per heavy atom. The monoisotopic (exact) mass is 235 g/mol. The molecule has 3 N–H and O–H groups in total. The molecule has 0 radical (unpaired) electrons. The van der Waals surface area contributed by atoms with Crippen molar-refractivity contribution in [3.8, 4) is 5.88 Å². The van der Waals surface area contributed by atoms with Crippen LogP contribution >= 0.6 is 0 Å². The maximum absolute atomic E-state index is 5.65. The van der Waals surface area contributed by atoms with Crippen molar-refractivity contribution in [3.63, 3.8) is 0 Å². The third-order valence-electron chi connectivity index (χ3n) is 1.85. The fourth-order valence-corrected chi connectivity index (χ4v) is 1.02. The molecule has 0 saturated heterocycles. The van der Waals surface area contributed by atoms with Crippen molar-refractivity contribution in [2.24, 2.45) is 10.7 Å². The van der Waals surface area contributed by atoms with Gasteiger partial charge in [0.15, 0.2) is 11.8 Å². The smallest absolute Gasteiger partial charge is 0.216 e. The van der Waals surface area contributed by atoms with Gasteiger partial charge in [-0.25, -0.2) is 9.98 Å². The second kappa shape index (κ2) is 6.47. The van der Waals surface area contributed by atoms with Gasteiger partial charge in [-0.2, -0.15) is 4.98 Å². The van der Waals surface area contributed by atoms with Crippen LogP contribution in [0.4, 0.5) is 0 Å². The van der Waals surface area contributed by atoms with Crippen molar-refractivity contribution in [1.29, 1.82) is 0 Å². The number of nitrogens with two attached hydrogens (primary N) is 1. The Morgan fingerprint density at radius 1 is 1.65 bits per heavy atom. The fraction of sp³-hybridized carbons (Fsp3) is 0.364. The molecule has 1 rings (SSSR count). The molecule has 0 atom stereocenters. The molecule has 0 amide bonds. The van der Waals surface area contributed by atoms with Gasteiger partial charge in [-0.1, -0.05) is 12.2 Å². The summed E-state index contributed by atoms with van der Waals surface area (Å²) in [5, 5.41) is 2.92. The van der Waals surface area contributed by atoms with Crippen LogP contribution in [0.5, 0.6) is 5.88 Å². The highest BCUT2D eigenvalue weighted by molar-refractivity contribution is 5.77. The van der Waals surface area contributed by atoms with E-state index in [1.165, 1.54) is 0 Å². The summed E-state index contributed by atoms with van der Waals surface area (Å²) in [6, 6.07) is 1.68. The van der Waals surface area contributed by atoms with E-state index in [1.807, 2.05) is 6.92 Å². The molecule has 6 nitrogen and oxygen atoms in total. The van der Waals surface area contributed by atoms with Gasteiger partial charge in [0.1, 0.15) is 6.54 Å². The van der Waals surface area contributed by atoms with Gasteiger partial charge in [-0.05, 0) is 6.92 Å². The summed E-state index contributed by atoms with van der Waals surface area (Å²) in [7, 11) is 1.55. The van der Waals surface area contributed by atoms with E-state index in [4.69, 9.17) is 10.5 Å². The van der Waals surface area contributed by atoms with Crippen molar-refractivity contribution >= 4 is 5.96 Å². The topological polar surface area (TPSA) is 85.4 Å². The average molecular weight is 235 g/mol. The second-order valence-electron chi connectivity index (χ2n) is 3.53. The van der Waals surface area contributed by atoms with Crippen LogP contribution in [0.1, 0.15) is 12.7 Å². The van der Waals surface area contributed by atoms with Gasteiger partial charge in [0, 0.05) is 18.8 Å². The maximum Gasteiger partial charge on any atom is 0.216 e. The highest BCUT2D eigenvalue weighted by atomic mass is 16.5. The first-order chi connectivity index (χ1) is 8.11. The second-order valence-corrected chi connectivity index (χ2v) is 3.53. The standard InChI is InChI=1S/C11H17N5O/c1-8(2)6-14-11(12)15-7-9-13-5-4-10(16-9)17-3/h4-5H,1,6-7H2,2-3H3,(H3,12,14,15). The van der Waals surface area contributed by atoms with Crippen molar-refractivity contribution in [2.75, 3.05) is 13.7 Å². The third kappa shape index (κ3) is 4.96. The van der Waals surface area contributed by atoms with Gasteiger partial charge in [-0.3, -0.25) is 0 Å². The lowest BCUT2D eigenvalue weighted by Crippen LogP contribution is -2.32. The minimum Gasteiger partial charge on any atom is -0.481 e. The van der Waals surface area contributed by atoms with Gasteiger partial charge in [0.2, 0.25) is 5.88 Å². The summed E-state index contributed by atoms with van der Waals surface area (Å²) >= 11 is 0. The SMILES string of the molecule is C=C(C)CNC(N)=NCc1nccc(OC)n1. The number of aromatic nitrogens is 2. The van der Waals surface area contributed by atoms with Crippen LogP contribution < -0.4 is 15.8 Å². The highest BCUT2D eigenvalue weighted by Crippen LogP contribution is 2.04. The lowest BCUT2D eigenvalue weighted by atomic mass is 10.3. The number of nitrogens with one attached hydrogen (secondary N) is 1. The summed E-state index contributed by atoms with van der Waals surface area (Å²) in [5.41, 5.74) is 6.64. The Labute approximate surface area is 101 Å². The maximum atomic E-state index is 5.65. The van der Waals surface area contributed by atoms with E-state index in [0.717, 1.165) is 5.57 Å². The molecule has 6 heteroatoms. The predicted octanol–water partition coefficient (Wildman–Crippen LogP) is 0.466. The molecule has 92 valence electrons. The fourth-order valence-electron chi connectivity index (χ4n) is 1.02.